The van der Waals surface area contributed by atoms with E-state index in [1.807, 2.05) is 32.0 Å². The Hall–Kier alpha value is -0.340. The highest BCUT2D eigenvalue weighted by Crippen LogP contribution is 2.15. The lowest BCUT2D eigenvalue weighted by Crippen LogP contribution is -2.15. The number of aryl methyl sites for hydroxylation is 2. The fourth-order valence-electron chi connectivity index (χ4n) is 1.15. The van der Waals surface area contributed by atoms with Gasteiger partial charge in [0.15, 0.2) is 5.78 Å². The molecular weight excluding hydrogens is 263 g/mol. The second-order valence-electron chi connectivity index (χ2n) is 3.29. The Morgan fingerprint density at radius 3 is 2.57 bits per heavy atom. The molecule has 1 aromatic rings. The van der Waals surface area contributed by atoms with Crippen LogP contribution in [0.1, 0.15) is 21.5 Å². The van der Waals surface area contributed by atoms with Crippen molar-refractivity contribution < 1.29 is 4.79 Å². The molecule has 0 saturated carbocycles. The molecule has 0 aliphatic heterocycles. The van der Waals surface area contributed by atoms with Crippen molar-refractivity contribution in [3.8, 4) is 0 Å². The van der Waals surface area contributed by atoms with Gasteiger partial charge in [-0.25, -0.2) is 0 Å². The van der Waals surface area contributed by atoms with Gasteiger partial charge in [-0.2, -0.15) is 0 Å². The van der Waals surface area contributed by atoms with Gasteiger partial charge < -0.3 is 0 Å². The summed E-state index contributed by atoms with van der Waals surface area (Å²) in [6.07, 6.45) is 0. The maximum atomic E-state index is 11.7. The maximum absolute atomic E-state index is 11.7. The van der Waals surface area contributed by atoms with E-state index in [4.69, 9.17) is 11.6 Å². The second kappa shape index (κ2) is 4.94. The third-order valence-electron chi connectivity index (χ3n) is 2.21. The summed E-state index contributed by atoms with van der Waals surface area (Å²) < 4.78 is 0. The van der Waals surface area contributed by atoms with E-state index in [9.17, 15) is 4.79 Å². The molecule has 14 heavy (non-hydrogen) atoms. The number of halogens is 2. The van der Waals surface area contributed by atoms with Gasteiger partial charge in [-0.3, -0.25) is 4.79 Å². The summed E-state index contributed by atoms with van der Waals surface area (Å²) in [5.74, 6) is 0.342. The Kier molecular flexibility index (Phi) is 4.14. The zero-order valence-electron chi connectivity index (χ0n) is 8.18. The van der Waals surface area contributed by atoms with Crippen LogP contribution in [-0.4, -0.2) is 16.5 Å². The van der Waals surface area contributed by atoms with Crippen molar-refractivity contribution in [1.29, 1.82) is 0 Å². The van der Waals surface area contributed by atoms with Crippen LogP contribution in [0.3, 0.4) is 0 Å². The van der Waals surface area contributed by atoms with Crippen LogP contribution in [0.25, 0.3) is 0 Å². The molecule has 0 bridgehead atoms. The van der Waals surface area contributed by atoms with Crippen LogP contribution in [-0.2, 0) is 0 Å². The molecule has 1 unspecified atom stereocenters. The number of benzene rings is 1. The van der Waals surface area contributed by atoms with E-state index in [1.165, 1.54) is 5.56 Å². The van der Waals surface area contributed by atoms with Gasteiger partial charge in [0.25, 0.3) is 0 Å². The van der Waals surface area contributed by atoms with Gasteiger partial charge in [-0.05, 0) is 31.0 Å². The van der Waals surface area contributed by atoms with Crippen LogP contribution in [0.2, 0.25) is 0 Å². The fraction of sp³-hybridized carbons (Fsp3) is 0.364. The molecule has 1 atom stereocenters. The molecule has 0 aliphatic rings. The molecule has 3 heteroatoms. The lowest BCUT2D eigenvalue weighted by molar-refractivity contribution is 0.0996. The van der Waals surface area contributed by atoms with Crippen LogP contribution in [0.15, 0.2) is 18.2 Å². The first-order valence-electron chi connectivity index (χ1n) is 4.37. The van der Waals surface area contributed by atoms with E-state index < -0.39 is 0 Å². The van der Waals surface area contributed by atoms with Crippen molar-refractivity contribution in [1.82, 2.24) is 0 Å². The highest BCUT2D eigenvalue weighted by atomic mass is 79.9. The fourth-order valence-corrected chi connectivity index (χ4v) is 1.55. The average molecular weight is 276 g/mol. The molecule has 0 aromatic heterocycles. The minimum absolute atomic E-state index is 0.0445. The van der Waals surface area contributed by atoms with E-state index >= 15 is 0 Å². The van der Waals surface area contributed by atoms with Crippen LogP contribution < -0.4 is 0 Å². The predicted octanol–water partition coefficient (Wildman–Crippen LogP) is 3.49. The van der Waals surface area contributed by atoms with E-state index in [2.05, 4.69) is 15.9 Å². The number of hydrogen-bond acceptors (Lipinski definition) is 1. The minimum Gasteiger partial charge on any atom is -0.293 e. The van der Waals surface area contributed by atoms with Crippen molar-refractivity contribution in [2.24, 2.45) is 0 Å². The summed E-state index contributed by atoms with van der Waals surface area (Å²) in [4.78, 5) is 11.4. The number of carbonyl (C=O) groups excluding carboxylic acids is 1. The van der Waals surface area contributed by atoms with E-state index in [0.29, 0.717) is 5.88 Å². The van der Waals surface area contributed by atoms with Crippen LogP contribution in [0.5, 0.6) is 0 Å². The van der Waals surface area contributed by atoms with E-state index in [-0.39, 0.29) is 10.6 Å². The van der Waals surface area contributed by atoms with Gasteiger partial charge in [0, 0.05) is 11.4 Å². The average Bonchev–Trinajstić information content (AvgIpc) is 2.20. The minimum atomic E-state index is -0.286. The summed E-state index contributed by atoms with van der Waals surface area (Å²) in [6, 6.07) is 5.69. The molecule has 0 N–H and O–H groups in total. The van der Waals surface area contributed by atoms with Crippen molar-refractivity contribution in [2.75, 3.05) is 5.88 Å². The Balaban J connectivity index is 2.97. The van der Waals surface area contributed by atoms with Gasteiger partial charge in [0.2, 0.25) is 0 Å². The van der Waals surface area contributed by atoms with Crippen LogP contribution in [0, 0.1) is 13.8 Å². The molecule has 1 nitrogen and oxygen atoms in total. The molecule has 1 rings (SSSR count). The van der Waals surface area contributed by atoms with E-state index in [1.54, 1.807) is 0 Å². The highest BCUT2D eigenvalue weighted by molar-refractivity contribution is 9.10. The molecule has 0 heterocycles. The number of hydrogen-bond donors (Lipinski definition) is 0. The molecule has 0 fully saturated rings. The first kappa shape index (κ1) is 11.7. The summed E-state index contributed by atoms with van der Waals surface area (Å²) >= 11 is 8.84. The lowest BCUT2D eigenvalue weighted by Gasteiger charge is -2.07. The Bertz CT molecular complexity index is 349. The molecule has 0 spiro atoms. The molecule has 0 radical (unpaired) electrons. The van der Waals surface area contributed by atoms with Gasteiger partial charge >= 0.3 is 0 Å². The summed E-state index contributed by atoms with van der Waals surface area (Å²) in [6.45, 7) is 4.02. The summed E-state index contributed by atoms with van der Waals surface area (Å²) in [7, 11) is 0. The van der Waals surface area contributed by atoms with Gasteiger partial charge in [0.05, 0.1) is 4.83 Å². The molecule has 0 saturated heterocycles. The first-order chi connectivity index (χ1) is 6.56. The number of ketones is 1. The summed E-state index contributed by atoms with van der Waals surface area (Å²) in [5.41, 5.74) is 3.04. The normalized spacial score (nSPS) is 12.6. The quantitative estimate of drug-likeness (QED) is 0.610. The maximum Gasteiger partial charge on any atom is 0.177 e. The standard InChI is InChI=1S/C11H12BrClO/c1-7-3-4-9(5-8(7)2)11(14)10(12)6-13/h3-5,10H,6H2,1-2H3. The number of rotatable bonds is 3. The zero-order chi connectivity index (χ0) is 10.7. The van der Waals surface area contributed by atoms with Crippen molar-refractivity contribution >= 4 is 33.3 Å². The van der Waals surface area contributed by atoms with Crippen LogP contribution in [0.4, 0.5) is 0 Å². The van der Waals surface area contributed by atoms with Gasteiger partial charge in [0.1, 0.15) is 0 Å². The molecule has 1 aromatic carbocycles. The van der Waals surface area contributed by atoms with Gasteiger partial charge in [-0.15, -0.1) is 11.6 Å². The number of alkyl halides is 2. The summed E-state index contributed by atoms with van der Waals surface area (Å²) in [5, 5.41) is 0. The number of carbonyl (C=O) groups is 1. The Morgan fingerprint density at radius 2 is 2.07 bits per heavy atom. The second-order valence-corrected chi connectivity index (χ2v) is 4.70. The monoisotopic (exact) mass is 274 g/mol. The molecular formula is C11H12BrClO. The largest absolute Gasteiger partial charge is 0.293 e. The number of Topliss-reactive ketones (excluding diaryl/α,β-unsaturated/α-hetero) is 1. The van der Waals surface area contributed by atoms with Gasteiger partial charge in [-0.1, -0.05) is 28.1 Å². The predicted molar refractivity (Wildman–Crippen MR) is 63.7 cm³/mol. The van der Waals surface area contributed by atoms with E-state index in [0.717, 1.165) is 11.1 Å². The van der Waals surface area contributed by atoms with Crippen molar-refractivity contribution in [3.63, 3.8) is 0 Å². The smallest absolute Gasteiger partial charge is 0.177 e. The molecule has 76 valence electrons. The van der Waals surface area contributed by atoms with Crippen molar-refractivity contribution in [2.45, 2.75) is 18.7 Å². The molecule has 0 aliphatic carbocycles. The third-order valence-corrected chi connectivity index (χ3v) is 3.63. The Labute approximate surface area is 97.6 Å². The lowest BCUT2D eigenvalue weighted by atomic mass is 10.0. The third kappa shape index (κ3) is 2.58. The first-order valence-corrected chi connectivity index (χ1v) is 5.82. The zero-order valence-corrected chi connectivity index (χ0v) is 10.5. The SMILES string of the molecule is Cc1ccc(C(=O)C(Br)CCl)cc1C. The van der Waals surface area contributed by atoms with Crippen LogP contribution >= 0.6 is 27.5 Å². The highest BCUT2D eigenvalue weighted by Gasteiger charge is 2.15. The van der Waals surface area contributed by atoms with Crippen molar-refractivity contribution in [3.05, 3.63) is 34.9 Å². The Morgan fingerprint density at radius 1 is 1.43 bits per heavy atom. The topological polar surface area (TPSA) is 17.1 Å². The molecule has 0 amide bonds.